The molecule has 0 radical (unpaired) electrons. The largest absolute Gasteiger partial charge is 0.314 e. The Hall–Kier alpha value is 0.490. The molecule has 0 unspecified atom stereocenters. The van der Waals surface area contributed by atoms with Crippen LogP contribution in [0.1, 0.15) is 32.4 Å². The van der Waals surface area contributed by atoms with Crippen LogP contribution in [0, 0.1) is 5.41 Å². The Balaban J connectivity index is 0.00000200. The molecule has 1 atom stereocenters. The van der Waals surface area contributed by atoms with Crippen LogP contribution in [-0.2, 0) is 0 Å². The van der Waals surface area contributed by atoms with E-state index in [-0.39, 0.29) is 30.2 Å². The molecule has 0 bridgehead atoms. The molecule has 2 rings (SSSR count). The third-order valence-corrected chi connectivity index (χ3v) is 4.43. The van der Waals surface area contributed by atoms with Gasteiger partial charge in [-0.1, -0.05) is 48.3 Å². The first-order chi connectivity index (χ1) is 8.89. The Kier molecular flexibility index (Phi) is 9.16. The molecule has 122 valence electrons. The quantitative estimate of drug-likeness (QED) is 0.732. The van der Waals surface area contributed by atoms with Crippen LogP contribution in [0.4, 0.5) is 0 Å². The highest BCUT2D eigenvalue weighted by molar-refractivity contribution is 9.10. The summed E-state index contributed by atoms with van der Waals surface area (Å²) in [6, 6.07) is 6.51. The number of benzene rings is 1. The minimum absolute atomic E-state index is 0. The second kappa shape index (κ2) is 8.95. The molecule has 0 aliphatic carbocycles. The second-order valence-corrected chi connectivity index (χ2v) is 7.54. The highest BCUT2D eigenvalue weighted by Gasteiger charge is 2.33. The van der Waals surface area contributed by atoms with Crippen LogP contribution in [0.3, 0.4) is 0 Å². The van der Waals surface area contributed by atoms with Gasteiger partial charge in [-0.15, -0.1) is 24.8 Å². The van der Waals surface area contributed by atoms with Gasteiger partial charge in [-0.3, -0.25) is 4.90 Å². The number of nitrogens with one attached hydrogen (secondary N) is 1. The second-order valence-electron chi connectivity index (χ2n) is 6.22. The van der Waals surface area contributed by atoms with Crippen LogP contribution in [0.2, 0.25) is 5.02 Å². The van der Waals surface area contributed by atoms with E-state index >= 15 is 0 Å². The summed E-state index contributed by atoms with van der Waals surface area (Å²) >= 11 is 10.0. The lowest BCUT2D eigenvalue weighted by Gasteiger charge is -2.43. The Morgan fingerprint density at radius 3 is 2.29 bits per heavy atom. The van der Waals surface area contributed by atoms with Gasteiger partial charge in [0, 0.05) is 41.7 Å². The van der Waals surface area contributed by atoms with E-state index in [1.54, 1.807) is 0 Å². The van der Waals surface area contributed by atoms with Crippen LogP contribution in [0.25, 0.3) is 0 Å². The molecular weight excluding hydrogens is 394 g/mol. The summed E-state index contributed by atoms with van der Waals surface area (Å²) < 4.78 is 1.09. The van der Waals surface area contributed by atoms with Gasteiger partial charge in [0.1, 0.15) is 0 Å². The monoisotopic (exact) mass is 416 g/mol. The molecule has 1 aromatic rings. The van der Waals surface area contributed by atoms with Crippen molar-refractivity contribution < 1.29 is 0 Å². The van der Waals surface area contributed by atoms with Gasteiger partial charge in [-0.25, -0.2) is 0 Å². The van der Waals surface area contributed by atoms with Gasteiger partial charge >= 0.3 is 0 Å². The minimum Gasteiger partial charge on any atom is -0.314 e. The minimum atomic E-state index is 0. The van der Waals surface area contributed by atoms with Crippen molar-refractivity contribution in [2.45, 2.75) is 26.8 Å². The Morgan fingerprint density at radius 1 is 1.19 bits per heavy atom. The predicted octanol–water partition coefficient (Wildman–Crippen LogP) is 4.94. The molecule has 1 aromatic carbocycles. The molecule has 0 aromatic heterocycles. The van der Waals surface area contributed by atoms with Crippen molar-refractivity contribution >= 4 is 52.3 Å². The van der Waals surface area contributed by atoms with E-state index in [0.717, 1.165) is 35.7 Å². The molecule has 1 N–H and O–H groups in total. The number of halogens is 4. The summed E-state index contributed by atoms with van der Waals surface area (Å²) in [6.07, 6.45) is 0. The van der Waals surface area contributed by atoms with E-state index < -0.39 is 0 Å². The first-order valence-corrected chi connectivity index (χ1v) is 7.96. The summed E-state index contributed by atoms with van der Waals surface area (Å²) in [5.74, 6) is 0. The van der Waals surface area contributed by atoms with Crippen molar-refractivity contribution in [1.29, 1.82) is 0 Å². The Labute approximate surface area is 153 Å². The molecule has 0 spiro atoms. The lowest BCUT2D eigenvalue weighted by Crippen LogP contribution is -2.48. The number of hydrogen-bond acceptors (Lipinski definition) is 2. The first kappa shape index (κ1) is 21.5. The zero-order chi connectivity index (χ0) is 14.0. The van der Waals surface area contributed by atoms with Crippen molar-refractivity contribution in [3.63, 3.8) is 0 Å². The topological polar surface area (TPSA) is 15.3 Å². The zero-order valence-corrected chi connectivity index (χ0v) is 16.6. The van der Waals surface area contributed by atoms with E-state index in [0.29, 0.717) is 6.04 Å². The molecule has 6 heteroatoms. The van der Waals surface area contributed by atoms with Crippen molar-refractivity contribution in [3.8, 4) is 0 Å². The van der Waals surface area contributed by atoms with Crippen molar-refractivity contribution in [2.75, 3.05) is 26.2 Å². The summed E-state index contributed by atoms with van der Waals surface area (Å²) in [5, 5.41) is 4.28. The number of rotatable bonds is 2. The SMILES string of the molecule is CC(C)(C)[C@H](c1cc(Br)ccc1Cl)N1CCNCC1.Cl.Cl. The van der Waals surface area contributed by atoms with Crippen molar-refractivity contribution in [1.82, 2.24) is 10.2 Å². The highest BCUT2D eigenvalue weighted by Crippen LogP contribution is 2.41. The van der Waals surface area contributed by atoms with Crippen molar-refractivity contribution in [2.24, 2.45) is 5.41 Å². The van der Waals surface area contributed by atoms with Crippen LogP contribution in [0.15, 0.2) is 22.7 Å². The maximum absolute atomic E-state index is 6.45. The van der Waals surface area contributed by atoms with Gasteiger partial charge in [0.25, 0.3) is 0 Å². The van der Waals surface area contributed by atoms with Gasteiger partial charge in [0.2, 0.25) is 0 Å². The van der Waals surface area contributed by atoms with Crippen LogP contribution in [0.5, 0.6) is 0 Å². The van der Waals surface area contributed by atoms with Crippen LogP contribution < -0.4 is 5.32 Å². The van der Waals surface area contributed by atoms with Crippen molar-refractivity contribution in [3.05, 3.63) is 33.3 Å². The van der Waals surface area contributed by atoms with E-state index in [1.165, 1.54) is 5.56 Å². The van der Waals surface area contributed by atoms with E-state index in [9.17, 15) is 0 Å². The lowest BCUT2D eigenvalue weighted by molar-refractivity contribution is 0.0862. The molecule has 1 aliphatic rings. The summed E-state index contributed by atoms with van der Waals surface area (Å²) in [7, 11) is 0. The molecule has 0 amide bonds. The summed E-state index contributed by atoms with van der Waals surface area (Å²) in [4.78, 5) is 2.55. The standard InChI is InChI=1S/C15H22BrClN2.2ClH/c1-15(2,3)14(19-8-6-18-7-9-19)12-10-11(16)4-5-13(12)17;;/h4-5,10,14,18H,6-9H2,1-3H3;2*1H/t14-;;/m0../s1. The highest BCUT2D eigenvalue weighted by atomic mass is 79.9. The Bertz CT molecular complexity index is 443. The fourth-order valence-corrected chi connectivity index (χ4v) is 3.48. The number of hydrogen-bond donors (Lipinski definition) is 1. The molecule has 1 aliphatic heterocycles. The fourth-order valence-electron chi connectivity index (χ4n) is 2.88. The average Bonchev–Trinajstić information content (AvgIpc) is 2.33. The third-order valence-electron chi connectivity index (χ3n) is 3.59. The average molecular weight is 419 g/mol. The van der Waals surface area contributed by atoms with Gasteiger partial charge in [-0.05, 0) is 29.2 Å². The van der Waals surface area contributed by atoms with Crippen LogP contribution >= 0.6 is 52.3 Å². The lowest BCUT2D eigenvalue weighted by atomic mass is 9.81. The van der Waals surface area contributed by atoms with E-state index in [2.05, 4.69) is 53.0 Å². The Morgan fingerprint density at radius 2 is 1.76 bits per heavy atom. The van der Waals surface area contributed by atoms with Gasteiger partial charge < -0.3 is 5.32 Å². The van der Waals surface area contributed by atoms with Gasteiger partial charge in [0.15, 0.2) is 0 Å². The van der Waals surface area contributed by atoms with E-state index in [1.807, 2.05) is 12.1 Å². The van der Waals surface area contributed by atoms with Gasteiger partial charge in [0.05, 0.1) is 0 Å². The summed E-state index contributed by atoms with van der Waals surface area (Å²) in [6.45, 7) is 11.1. The molecule has 1 saturated heterocycles. The van der Waals surface area contributed by atoms with Gasteiger partial charge in [-0.2, -0.15) is 0 Å². The third kappa shape index (κ3) is 5.56. The molecule has 0 saturated carbocycles. The first-order valence-electron chi connectivity index (χ1n) is 6.79. The number of nitrogens with zero attached hydrogens (tertiary/aromatic N) is 1. The number of piperazine rings is 1. The maximum atomic E-state index is 6.45. The van der Waals surface area contributed by atoms with Crippen LogP contribution in [-0.4, -0.2) is 31.1 Å². The maximum Gasteiger partial charge on any atom is 0.0454 e. The summed E-state index contributed by atoms with van der Waals surface area (Å²) in [5.41, 5.74) is 1.38. The molecule has 21 heavy (non-hydrogen) atoms. The zero-order valence-electron chi connectivity index (χ0n) is 12.7. The van der Waals surface area contributed by atoms with E-state index in [4.69, 9.17) is 11.6 Å². The molecule has 1 fully saturated rings. The normalized spacial score (nSPS) is 17.6. The molecule has 2 nitrogen and oxygen atoms in total. The smallest absolute Gasteiger partial charge is 0.0454 e. The molecule has 1 heterocycles. The fraction of sp³-hybridized carbons (Fsp3) is 0.600. The predicted molar refractivity (Wildman–Crippen MR) is 100 cm³/mol. The molecular formula is C15H24BrCl3N2.